The van der Waals surface area contributed by atoms with Gasteiger partial charge in [0.05, 0.1) is 0 Å². The maximum atomic E-state index is 2.52. The van der Waals surface area contributed by atoms with Crippen molar-refractivity contribution in [3.8, 4) is 0 Å². The highest BCUT2D eigenvalue weighted by atomic mass is 14.3. The van der Waals surface area contributed by atoms with Crippen LogP contribution in [0.25, 0.3) is 0 Å². The second-order valence-corrected chi connectivity index (χ2v) is 12.5. The smallest absolute Gasteiger partial charge is 0.0162 e. The topological polar surface area (TPSA) is 0 Å². The summed E-state index contributed by atoms with van der Waals surface area (Å²) in [5.74, 6) is 5.85. The summed E-state index contributed by atoms with van der Waals surface area (Å²) in [4.78, 5) is 0. The van der Waals surface area contributed by atoms with Gasteiger partial charge in [0.25, 0.3) is 0 Å². The van der Waals surface area contributed by atoms with E-state index in [2.05, 4.69) is 38.1 Å². The average Bonchev–Trinajstić information content (AvgIpc) is 2.88. The van der Waals surface area contributed by atoms with Crippen LogP contribution >= 0.6 is 0 Å². The average molecular weight is 451 g/mol. The number of rotatable bonds is 10. The molecule has 0 saturated heterocycles. The van der Waals surface area contributed by atoms with Crippen molar-refractivity contribution in [3.63, 3.8) is 0 Å². The lowest BCUT2D eigenvalue weighted by Crippen LogP contribution is -2.22. The minimum Gasteiger partial charge on any atom is -0.0654 e. The fourth-order valence-electron chi connectivity index (χ4n) is 7.91. The maximum absolute atomic E-state index is 2.52. The molecule has 1 aromatic carbocycles. The van der Waals surface area contributed by atoms with Crippen molar-refractivity contribution in [3.05, 3.63) is 35.4 Å². The van der Waals surface area contributed by atoms with Crippen LogP contribution in [0, 0.1) is 29.6 Å². The van der Waals surface area contributed by atoms with Crippen LogP contribution in [-0.4, -0.2) is 0 Å². The fourth-order valence-corrected chi connectivity index (χ4v) is 7.91. The Morgan fingerprint density at radius 2 is 1.27 bits per heavy atom. The van der Waals surface area contributed by atoms with Crippen molar-refractivity contribution in [1.82, 2.24) is 0 Å². The van der Waals surface area contributed by atoms with Crippen LogP contribution < -0.4 is 0 Å². The van der Waals surface area contributed by atoms with Gasteiger partial charge in [-0.15, -0.1) is 0 Å². The van der Waals surface area contributed by atoms with E-state index in [1.807, 2.05) is 0 Å². The Kier molecular flexibility index (Phi) is 10.2. The van der Waals surface area contributed by atoms with Gasteiger partial charge in [-0.05, 0) is 85.2 Å². The van der Waals surface area contributed by atoms with Gasteiger partial charge in [-0.1, -0.05) is 122 Å². The van der Waals surface area contributed by atoms with E-state index in [4.69, 9.17) is 0 Å². The lowest BCUT2D eigenvalue weighted by molar-refractivity contribution is 0.197. The summed E-state index contributed by atoms with van der Waals surface area (Å²) >= 11 is 0. The standard InChI is InChI=1S/C33H54/c1-3-8-27-11-13-28(14-12-27)17-24-33(30-9-6-5-7-10-30)25-29-18-22-32(23-19-29)31-20-15-26(4-2)16-21-31/h18-19,22-23,26-28,30-31,33H,3-17,20-21,24-25H2,1-2H3. The fraction of sp³-hybridized carbons (Fsp3) is 0.818. The molecule has 0 radical (unpaired) electrons. The third kappa shape index (κ3) is 7.60. The van der Waals surface area contributed by atoms with E-state index >= 15 is 0 Å². The van der Waals surface area contributed by atoms with Crippen molar-refractivity contribution in [1.29, 1.82) is 0 Å². The van der Waals surface area contributed by atoms with Crippen molar-refractivity contribution in [2.75, 3.05) is 0 Å². The molecule has 1 unspecified atom stereocenters. The quantitative estimate of drug-likeness (QED) is 0.332. The van der Waals surface area contributed by atoms with Gasteiger partial charge in [-0.3, -0.25) is 0 Å². The summed E-state index contributed by atoms with van der Waals surface area (Å²) in [7, 11) is 0. The highest BCUT2D eigenvalue weighted by Crippen LogP contribution is 2.40. The van der Waals surface area contributed by atoms with Gasteiger partial charge >= 0.3 is 0 Å². The van der Waals surface area contributed by atoms with Gasteiger partial charge in [-0.2, -0.15) is 0 Å². The minimum atomic E-state index is 0.832. The van der Waals surface area contributed by atoms with Gasteiger partial charge in [-0.25, -0.2) is 0 Å². The van der Waals surface area contributed by atoms with Crippen LogP contribution in [0.2, 0.25) is 0 Å². The Morgan fingerprint density at radius 1 is 0.667 bits per heavy atom. The highest BCUT2D eigenvalue weighted by molar-refractivity contribution is 5.26. The van der Waals surface area contributed by atoms with Crippen molar-refractivity contribution >= 4 is 0 Å². The molecule has 1 atom stereocenters. The van der Waals surface area contributed by atoms with E-state index in [9.17, 15) is 0 Å². The van der Waals surface area contributed by atoms with Gasteiger partial charge in [0.2, 0.25) is 0 Å². The third-order valence-corrected chi connectivity index (χ3v) is 10.3. The summed E-state index contributed by atoms with van der Waals surface area (Å²) in [6, 6.07) is 10.1. The Balaban J connectivity index is 1.30. The number of benzene rings is 1. The molecule has 0 aromatic heterocycles. The summed E-state index contributed by atoms with van der Waals surface area (Å²) in [6.45, 7) is 4.74. The van der Waals surface area contributed by atoms with E-state index in [0.29, 0.717) is 0 Å². The van der Waals surface area contributed by atoms with Gasteiger partial charge < -0.3 is 0 Å². The van der Waals surface area contributed by atoms with Crippen LogP contribution in [0.4, 0.5) is 0 Å². The molecule has 0 aliphatic heterocycles. The van der Waals surface area contributed by atoms with E-state index in [1.165, 1.54) is 122 Å². The summed E-state index contributed by atoms with van der Waals surface area (Å²) < 4.78 is 0. The molecule has 33 heavy (non-hydrogen) atoms. The normalized spacial score (nSPS) is 30.2. The van der Waals surface area contributed by atoms with Crippen LogP contribution in [0.3, 0.4) is 0 Å². The first-order valence-electron chi connectivity index (χ1n) is 15.3. The van der Waals surface area contributed by atoms with E-state index in [0.717, 1.165) is 35.5 Å². The lowest BCUT2D eigenvalue weighted by atomic mass is 9.72. The Bertz CT molecular complexity index is 635. The van der Waals surface area contributed by atoms with Gasteiger partial charge in [0, 0.05) is 0 Å². The van der Waals surface area contributed by atoms with Crippen LogP contribution in [0.5, 0.6) is 0 Å². The molecule has 1 aromatic rings. The van der Waals surface area contributed by atoms with E-state index < -0.39 is 0 Å². The second kappa shape index (κ2) is 13.3. The Morgan fingerprint density at radius 3 is 1.88 bits per heavy atom. The zero-order chi connectivity index (χ0) is 22.9. The largest absolute Gasteiger partial charge is 0.0654 e. The molecule has 0 amide bonds. The second-order valence-electron chi connectivity index (χ2n) is 12.5. The first kappa shape index (κ1) is 25.3. The summed E-state index contributed by atoms with van der Waals surface area (Å²) in [6.07, 6.45) is 27.9. The molecule has 3 fully saturated rings. The zero-order valence-corrected chi connectivity index (χ0v) is 22.2. The molecule has 0 bridgehead atoms. The third-order valence-electron chi connectivity index (χ3n) is 10.3. The number of hydrogen-bond acceptors (Lipinski definition) is 0. The predicted octanol–water partition coefficient (Wildman–Crippen LogP) is 10.5. The lowest BCUT2D eigenvalue weighted by Gasteiger charge is -2.33. The first-order valence-corrected chi connectivity index (χ1v) is 15.3. The highest BCUT2D eigenvalue weighted by Gasteiger charge is 2.27. The van der Waals surface area contributed by atoms with Crippen LogP contribution in [-0.2, 0) is 6.42 Å². The summed E-state index contributed by atoms with van der Waals surface area (Å²) in [5.41, 5.74) is 3.26. The summed E-state index contributed by atoms with van der Waals surface area (Å²) in [5, 5.41) is 0. The molecule has 0 heteroatoms. The maximum Gasteiger partial charge on any atom is -0.0162 e. The molecule has 3 aliphatic carbocycles. The minimum absolute atomic E-state index is 0.832. The molecule has 186 valence electrons. The predicted molar refractivity (Wildman–Crippen MR) is 145 cm³/mol. The molecule has 3 aliphatic rings. The molecule has 0 heterocycles. The van der Waals surface area contributed by atoms with Crippen molar-refractivity contribution in [2.45, 2.75) is 142 Å². The van der Waals surface area contributed by atoms with Gasteiger partial charge in [0.15, 0.2) is 0 Å². The monoisotopic (exact) mass is 450 g/mol. The van der Waals surface area contributed by atoms with Crippen molar-refractivity contribution in [2.24, 2.45) is 29.6 Å². The van der Waals surface area contributed by atoms with Crippen LogP contribution in [0.15, 0.2) is 24.3 Å². The zero-order valence-electron chi connectivity index (χ0n) is 22.2. The SMILES string of the molecule is CCCC1CCC(CCC(Cc2ccc(C3CCC(CC)CC3)cc2)C2CCCCC2)CC1. The van der Waals surface area contributed by atoms with E-state index in [1.54, 1.807) is 11.1 Å². The molecule has 0 spiro atoms. The molecule has 4 rings (SSSR count). The molecular weight excluding hydrogens is 396 g/mol. The molecule has 3 saturated carbocycles. The van der Waals surface area contributed by atoms with Crippen LogP contribution in [0.1, 0.15) is 146 Å². The van der Waals surface area contributed by atoms with E-state index in [-0.39, 0.29) is 0 Å². The number of hydrogen-bond donors (Lipinski definition) is 0. The van der Waals surface area contributed by atoms with Gasteiger partial charge in [0.1, 0.15) is 0 Å². The Hall–Kier alpha value is -0.780. The molecule has 0 nitrogen and oxygen atoms in total. The molecule has 0 N–H and O–H groups in total. The van der Waals surface area contributed by atoms with Crippen molar-refractivity contribution < 1.29 is 0 Å². The molecular formula is C33H54. The first-order chi connectivity index (χ1) is 16.2. The Labute approximate surface area is 206 Å².